The van der Waals surface area contributed by atoms with Gasteiger partial charge >= 0.3 is 0 Å². The predicted molar refractivity (Wildman–Crippen MR) is 59.9 cm³/mol. The van der Waals surface area contributed by atoms with Crippen molar-refractivity contribution in [3.8, 4) is 0 Å². The van der Waals surface area contributed by atoms with Crippen LogP contribution in [0.1, 0.15) is 18.6 Å². The highest BCUT2D eigenvalue weighted by Gasteiger charge is 2.17. The first kappa shape index (κ1) is 11.8. The SMILES string of the molecule is CNC(C)C(O)c1ccc(Cl)cc1Cl. The average molecular weight is 234 g/mol. The molecule has 0 bridgehead atoms. The van der Waals surface area contributed by atoms with Crippen LogP contribution < -0.4 is 5.32 Å². The first-order chi connectivity index (χ1) is 6.56. The van der Waals surface area contributed by atoms with E-state index in [0.29, 0.717) is 15.6 Å². The van der Waals surface area contributed by atoms with Crippen LogP contribution in [0.3, 0.4) is 0 Å². The molecule has 0 aliphatic heterocycles. The van der Waals surface area contributed by atoms with Crippen LogP contribution in [0.2, 0.25) is 10.0 Å². The quantitative estimate of drug-likeness (QED) is 0.842. The standard InChI is InChI=1S/C10H13Cl2NO/c1-6(13-2)10(14)8-4-3-7(11)5-9(8)12/h3-6,10,13-14H,1-2H3. The van der Waals surface area contributed by atoms with Crippen molar-refractivity contribution in [1.29, 1.82) is 0 Å². The van der Waals surface area contributed by atoms with Crippen LogP contribution in [0.25, 0.3) is 0 Å². The molecule has 0 radical (unpaired) electrons. The molecule has 78 valence electrons. The maximum absolute atomic E-state index is 9.87. The van der Waals surface area contributed by atoms with Crippen LogP contribution in [0, 0.1) is 0 Å². The minimum Gasteiger partial charge on any atom is -0.387 e. The summed E-state index contributed by atoms with van der Waals surface area (Å²) >= 11 is 11.7. The Kier molecular flexibility index (Phi) is 4.20. The van der Waals surface area contributed by atoms with Crippen LogP contribution in [-0.4, -0.2) is 18.2 Å². The normalized spacial score (nSPS) is 15.2. The van der Waals surface area contributed by atoms with Gasteiger partial charge in [0.15, 0.2) is 0 Å². The zero-order chi connectivity index (χ0) is 10.7. The Morgan fingerprint density at radius 2 is 2.00 bits per heavy atom. The summed E-state index contributed by atoms with van der Waals surface area (Å²) in [5, 5.41) is 13.9. The molecule has 0 spiro atoms. The van der Waals surface area contributed by atoms with Gasteiger partial charge in [-0.15, -0.1) is 0 Å². The summed E-state index contributed by atoms with van der Waals surface area (Å²) in [5.74, 6) is 0. The molecule has 0 amide bonds. The summed E-state index contributed by atoms with van der Waals surface area (Å²) in [6.07, 6.45) is -0.621. The van der Waals surface area contributed by atoms with Gasteiger partial charge in [0, 0.05) is 21.7 Å². The molecule has 0 saturated heterocycles. The van der Waals surface area contributed by atoms with Crippen molar-refractivity contribution >= 4 is 23.2 Å². The number of likely N-dealkylation sites (N-methyl/N-ethyl adjacent to an activating group) is 1. The lowest BCUT2D eigenvalue weighted by Gasteiger charge is -2.19. The van der Waals surface area contributed by atoms with E-state index < -0.39 is 6.10 Å². The summed E-state index contributed by atoms with van der Waals surface area (Å²) in [4.78, 5) is 0. The van der Waals surface area contributed by atoms with Crippen molar-refractivity contribution < 1.29 is 5.11 Å². The number of hydrogen-bond donors (Lipinski definition) is 2. The number of aliphatic hydroxyl groups excluding tert-OH is 1. The van der Waals surface area contributed by atoms with Crippen molar-refractivity contribution in [3.63, 3.8) is 0 Å². The second kappa shape index (κ2) is 4.99. The molecule has 2 atom stereocenters. The highest BCUT2D eigenvalue weighted by Crippen LogP contribution is 2.27. The largest absolute Gasteiger partial charge is 0.387 e. The number of rotatable bonds is 3. The predicted octanol–water partition coefficient (Wildman–Crippen LogP) is 2.63. The molecule has 2 unspecified atom stereocenters. The molecule has 0 fully saturated rings. The van der Waals surface area contributed by atoms with Gasteiger partial charge in [-0.2, -0.15) is 0 Å². The summed E-state index contributed by atoms with van der Waals surface area (Å²) in [6, 6.07) is 5.04. The zero-order valence-corrected chi connectivity index (χ0v) is 9.60. The van der Waals surface area contributed by atoms with Gasteiger partial charge in [-0.05, 0) is 26.1 Å². The van der Waals surface area contributed by atoms with Gasteiger partial charge in [0.1, 0.15) is 0 Å². The van der Waals surface area contributed by atoms with Gasteiger partial charge in [0.25, 0.3) is 0 Å². The Bertz CT molecular complexity index is 317. The molecule has 1 aromatic carbocycles. The third-order valence-electron chi connectivity index (χ3n) is 2.21. The maximum Gasteiger partial charge on any atom is 0.0954 e. The molecule has 2 N–H and O–H groups in total. The highest BCUT2D eigenvalue weighted by molar-refractivity contribution is 6.35. The van der Waals surface area contributed by atoms with E-state index in [2.05, 4.69) is 5.32 Å². The van der Waals surface area contributed by atoms with Crippen molar-refractivity contribution in [3.05, 3.63) is 33.8 Å². The third kappa shape index (κ3) is 2.61. The molecular formula is C10H13Cl2NO. The van der Waals surface area contributed by atoms with E-state index in [-0.39, 0.29) is 6.04 Å². The first-order valence-electron chi connectivity index (χ1n) is 4.36. The smallest absolute Gasteiger partial charge is 0.0954 e. The summed E-state index contributed by atoms with van der Waals surface area (Å²) in [5.41, 5.74) is 0.693. The van der Waals surface area contributed by atoms with Crippen molar-refractivity contribution in [2.75, 3.05) is 7.05 Å². The average Bonchev–Trinajstić information content (AvgIpc) is 2.15. The van der Waals surface area contributed by atoms with Gasteiger partial charge in [-0.3, -0.25) is 0 Å². The minimum atomic E-state index is -0.621. The number of halogens is 2. The Morgan fingerprint density at radius 1 is 1.36 bits per heavy atom. The van der Waals surface area contributed by atoms with E-state index in [1.54, 1.807) is 25.2 Å². The minimum absolute atomic E-state index is 0.0475. The second-order valence-electron chi connectivity index (χ2n) is 3.19. The van der Waals surface area contributed by atoms with Crippen LogP contribution in [0.4, 0.5) is 0 Å². The molecule has 4 heteroatoms. The van der Waals surface area contributed by atoms with E-state index in [0.717, 1.165) is 0 Å². The van der Waals surface area contributed by atoms with Crippen LogP contribution in [0.15, 0.2) is 18.2 Å². The fourth-order valence-corrected chi connectivity index (χ4v) is 1.69. The summed E-state index contributed by atoms with van der Waals surface area (Å²) in [7, 11) is 1.79. The van der Waals surface area contributed by atoms with Gasteiger partial charge in [-0.25, -0.2) is 0 Å². The Hall–Kier alpha value is -0.280. The summed E-state index contributed by atoms with van der Waals surface area (Å²) < 4.78 is 0. The van der Waals surface area contributed by atoms with Gasteiger partial charge in [-0.1, -0.05) is 29.3 Å². The number of hydrogen-bond acceptors (Lipinski definition) is 2. The van der Waals surface area contributed by atoms with Crippen molar-refractivity contribution in [2.24, 2.45) is 0 Å². The Morgan fingerprint density at radius 3 is 2.50 bits per heavy atom. The van der Waals surface area contributed by atoms with Crippen molar-refractivity contribution in [2.45, 2.75) is 19.1 Å². The van der Waals surface area contributed by atoms with E-state index in [1.165, 1.54) is 0 Å². The maximum atomic E-state index is 9.87. The van der Waals surface area contributed by atoms with E-state index in [9.17, 15) is 5.11 Å². The number of nitrogens with one attached hydrogen (secondary N) is 1. The lowest BCUT2D eigenvalue weighted by atomic mass is 10.0. The lowest BCUT2D eigenvalue weighted by Crippen LogP contribution is -2.28. The van der Waals surface area contributed by atoms with Gasteiger partial charge in [0.05, 0.1) is 6.10 Å². The molecular weight excluding hydrogens is 221 g/mol. The summed E-state index contributed by atoms with van der Waals surface area (Å²) in [6.45, 7) is 1.88. The van der Waals surface area contributed by atoms with E-state index >= 15 is 0 Å². The molecule has 0 aliphatic rings. The van der Waals surface area contributed by atoms with Gasteiger partial charge < -0.3 is 10.4 Å². The van der Waals surface area contributed by atoms with Crippen LogP contribution in [0.5, 0.6) is 0 Å². The molecule has 1 rings (SSSR count). The Balaban J connectivity index is 2.95. The third-order valence-corrected chi connectivity index (χ3v) is 2.77. The van der Waals surface area contributed by atoms with Crippen LogP contribution in [-0.2, 0) is 0 Å². The van der Waals surface area contributed by atoms with Crippen LogP contribution >= 0.6 is 23.2 Å². The molecule has 0 aliphatic carbocycles. The topological polar surface area (TPSA) is 32.3 Å². The fourth-order valence-electron chi connectivity index (χ4n) is 1.17. The van der Waals surface area contributed by atoms with Crippen molar-refractivity contribution in [1.82, 2.24) is 5.32 Å². The monoisotopic (exact) mass is 233 g/mol. The molecule has 0 heterocycles. The molecule has 2 nitrogen and oxygen atoms in total. The Labute approximate surface area is 93.8 Å². The number of benzene rings is 1. The fraction of sp³-hybridized carbons (Fsp3) is 0.400. The second-order valence-corrected chi connectivity index (χ2v) is 4.03. The molecule has 1 aromatic rings. The first-order valence-corrected chi connectivity index (χ1v) is 5.12. The number of aliphatic hydroxyl groups is 1. The zero-order valence-electron chi connectivity index (χ0n) is 8.09. The van der Waals surface area contributed by atoms with E-state index in [4.69, 9.17) is 23.2 Å². The lowest BCUT2D eigenvalue weighted by molar-refractivity contribution is 0.140. The van der Waals surface area contributed by atoms with E-state index in [1.807, 2.05) is 6.92 Å². The highest BCUT2D eigenvalue weighted by atomic mass is 35.5. The molecule has 14 heavy (non-hydrogen) atoms. The molecule has 0 aromatic heterocycles. The molecule has 0 saturated carbocycles. The van der Waals surface area contributed by atoms with Gasteiger partial charge in [0.2, 0.25) is 0 Å².